The van der Waals surface area contributed by atoms with E-state index in [1.165, 1.54) is 31.5 Å². The monoisotopic (exact) mass is 429 g/mol. The zero-order valence-corrected chi connectivity index (χ0v) is 18.6. The van der Waals surface area contributed by atoms with E-state index in [0.717, 1.165) is 29.1 Å². The number of nitrogens with zero attached hydrogens (tertiary/aromatic N) is 1. The normalized spacial score (nSPS) is 14.8. The van der Waals surface area contributed by atoms with Gasteiger partial charge in [0.2, 0.25) is 5.91 Å². The molecule has 1 saturated heterocycles. The topological polar surface area (TPSA) is 53.6 Å². The van der Waals surface area contributed by atoms with Crippen LogP contribution >= 0.6 is 0 Å². The van der Waals surface area contributed by atoms with Crippen molar-refractivity contribution in [2.24, 2.45) is 0 Å². The lowest BCUT2D eigenvalue weighted by Crippen LogP contribution is -2.32. The average molecular weight is 430 g/mol. The maximum absolute atomic E-state index is 13.1. The lowest BCUT2D eigenvalue weighted by atomic mass is 10.0. The van der Waals surface area contributed by atoms with Gasteiger partial charge in [-0.1, -0.05) is 54.6 Å². The molecule has 4 rings (SSSR count). The van der Waals surface area contributed by atoms with Crippen molar-refractivity contribution in [2.75, 3.05) is 25.5 Å². The summed E-state index contributed by atoms with van der Waals surface area (Å²) in [4.78, 5) is 15.6. The van der Waals surface area contributed by atoms with Crippen LogP contribution in [-0.4, -0.2) is 31.0 Å². The quantitative estimate of drug-likeness (QED) is 0.515. The number of rotatable bonds is 9. The van der Waals surface area contributed by atoms with E-state index in [9.17, 15) is 4.79 Å². The summed E-state index contributed by atoms with van der Waals surface area (Å²) in [6, 6.07) is 25.4. The second-order valence-corrected chi connectivity index (χ2v) is 8.24. The van der Waals surface area contributed by atoms with Crippen molar-refractivity contribution >= 4 is 11.6 Å². The fraction of sp³-hybridized carbons (Fsp3) is 0.296. The van der Waals surface area contributed by atoms with Gasteiger partial charge in [0.1, 0.15) is 11.8 Å². The van der Waals surface area contributed by atoms with Gasteiger partial charge < -0.3 is 10.1 Å². The minimum atomic E-state index is -0.456. The minimum Gasteiger partial charge on any atom is -0.497 e. The number of anilines is 1. The Hall–Kier alpha value is -3.15. The number of hydrogen-bond donors (Lipinski definition) is 2. The van der Waals surface area contributed by atoms with Crippen molar-refractivity contribution in [1.29, 1.82) is 0 Å². The number of methoxy groups -OCH3 is 1. The molecule has 1 fully saturated rings. The summed E-state index contributed by atoms with van der Waals surface area (Å²) >= 11 is 0. The van der Waals surface area contributed by atoms with Crippen molar-refractivity contribution < 1.29 is 9.53 Å². The third-order valence-electron chi connectivity index (χ3n) is 5.89. The fourth-order valence-electron chi connectivity index (χ4n) is 4.08. The predicted molar refractivity (Wildman–Crippen MR) is 129 cm³/mol. The number of amides is 1. The van der Waals surface area contributed by atoms with Gasteiger partial charge in [-0.15, -0.1) is 0 Å². The highest BCUT2D eigenvalue weighted by molar-refractivity contribution is 5.95. The number of benzene rings is 3. The van der Waals surface area contributed by atoms with E-state index in [0.29, 0.717) is 6.54 Å². The zero-order chi connectivity index (χ0) is 22.2. The van der Waals surface area contributed by atoms with Crippen LogP contribution in [0.3, 0.4) is 0 Å². The summed E-state index contributed by atoms with van der Waals surface area (Å²) in [6.07, 6.45) is 2.61. The molecular formula is C27H31N3O2. The molecule has 166 valence electrons. The molecule has 0 saturated carbocycles. The highest BCUT2D eigenvalue weighted by Gasteiger charge is 2.20. The molecule has 32 heavy (non-hydrogen) atoms. The molecule has 3 aromatic carbocycles. The Kier molecular flexibility index (Phi) is 7.54. The summed E-state index contributed by atoms with van der Waals surface area (Å²) in [7, 11) is 1.63. The van der Waals surface area contributed by atoms with Crippen LogP contribution in [0.15, 0.2) is 78.9 Å². The Morgan fingerprint density at radius 2 is 1.56 bits per heavy atom. The first-order valence-electron chi connectivity index (χ1n) is 11.2. The highest BCUT2D eigenvalue weighted by Crippen LogP contribution is 2.20. The van der Waals surface area contributed by atoms with Crippen molar-refractivity contribution in [2.45, 2.75) is 32.0 Å². The Morgan fingerprint density at radius 3 is 2.22 bits per heavy atom. The highest BCUT2D eigenvalue weighted by atomic mass is 16.5. The van der Waals surface area contributed by atoms with Crippen LogP contribution < -0.4 is 15.4 Å². The Bertz CT molecular complexity index is 982. The van der Waals surface area contributed by atoms with Crippen molar-refractivity contribution in [1.82, 2.24) is 10.2 Å². The number of nitrogens with one attached hydrogen (secondary N) is 2. The number of carbonyl (C=O) groups is 1. The van der Waals surface area contributed by atoms with Gasteiger partial charge in [0.15, 0.2) is 0 Å². The van der Waals surface area contributed by atoms with E-state index in [2.05, 4.69) is 39.8 Å². The second-order valence-electron chi connectivity index (χ2n) is 8.24. The predicted octanol–water partition coefficient (Wildman–Crippen LogP) is 4.76. The van der Waals surface area contributed by atoms with E-state index >= 15 is 0 Å². The van der Waals surface area contributed by atoms with Gasteiger partial charge in [-0.2, -0.15) is 0 Å². The third-order valence-corrected chi connectivity index (χ3v) is 5.89. The van der Waals surface area contributed by atoms with Crippen molar-refractivity contribution in [3.63, 3.8) is 0 Å². The smallest absolute Gasteiger partial charge is 0.246 e. The molecular weight excluding hydrogens is 398 g/mol. The van der Waals surface area contributed by atoms with Crippen LogP contribution in [0.1, 0.15) is 35.6 Å². The molecule has 0 aromatic heterocycles. The lowest BCUT2D eigenvalue weighted by Gasteiger charge is -2.19. The molecule has 1 unspecified atom stereocenters. The molecule has 1 amide bonds. The molecule has 5 nitrogen and oxygen atoms in total. The summed E-state index contributed by atoms with van der Waals surface area (Å²) < 4.78 is 5.20. The number of likely N-dealkylation sites (tertiary alicyclic amines) is 1. The van der Waals surface area contributed by atoms with Gasteiger partial charge in [0.05, 0.1) is 7.11 Å². The molecule has 3 aromatic rings. The van der Waals surface area contributed by atoms with Gasteiger partial charge in [-0.25, -0.2) is 0 Å². The Morgan fingerprint density at radius 1 is 0.906 bits per heavy atom. The van der Waals surface area contributed by atoms with Crippen LogP contribution in [-0.2, 0) is 17.9 Å². The molecule has 0 radical (unpaired) electrons. The van der Waals surface area contributed by atoms with Crippen LogP contribution in [0, 0.1) is 0 Å². The number of ether oxygens (including phenoxy) is 1. The minimum absolute atomic E-state index is 0.0907. The van der Waals surface area contributed by atoms with E-state index in [4.69, 9.17) is 4.74 Å². The summed E-state index contributed by atoms with van der Waals surface area (Å²) in [5.74, 6) is 0.668. The number of hydrogen-bond acceptors (Lipinski definition) is 4. The molecule has 2 N–H and O–H groups in total. The first-order chi connectivity index (χ1) is 15.7. The van der Waals surface area contributed by atoms with Gasteiger partial charge in [0.25, 0.3) is 0 Å². The fourth-order valence-corrected chi connectivity index (χ4v) is 4.08. The van der Waals surface area contributed by atoms with Crippen molar-refractivity contribution in [3.05, 3.63) is 95.6 Å². The Balaban J connectivity index is 1.40. The second kappa shape index (κ2) is 10.9. The van der Waals surface area contributed by atoms with E-state index in [1.807, 2.05) is 54.6 Å². The first kappa shape index (κ1) is 22.1. The molecule has 0 bridgehead atoms. The zero-order valence-electron chi connectivity index (χ0n) is 18.6. The molecule has 0 aliphatic carbocycles. The Labute approximate surface area is 190 Å². The van der Waals surface area contributed by atoms with E-state index in [-0.39, 0.29) is 5.91 Å². The summed E-state index contributed by atoms with van der Waals surface area (Å²) in [6.45, 7) is 4.03. The standard InChI is InChI=1S/C27H31N3O2/c1-32-25-15-13-24(14-16-25)29-27(31)26(23-7-3-2-4-8-23)28-19-21-9-11-22(12-10-21)20-30-17-5-6-18-30/h2-4,7-16,26,28H,5-6,17-20H2,1H3,(H,29,31). The largest absolute Gasteiger partial charge is 0.497 e. The van der Waals surface area contributed by atoms with Gasteiger partial charge in [-0.05, 0) is 66.9 Å². The molecule has 1 atom stereocenters. The van der Waals surface area contributed by atoms with Gasteiger partial charge in [0, 0.05) is 18.8 Å². The van der Waals surface area contributed by atoms with E-state index in [1.54, 1.807) is 7.11 Å². The summed E-state index contributed by atoms with van der Waals surface area (Å²) in [5, 5.41) is 6.46. The van der Waals surface area contributed by atoms with Crippen LogP contribution in [0.2, 0.25) is 0 Å². The molecule has 1 heterocycles. The van der Waals surface area contributed by atoms with Gasteiger partial charge >= 0.3 is 0 Å². The third kappa shape index (κ3) is 5.96. The maximum Gasteiger partial charge on any atom is 0.246 e. The number of carbonyl (C=O) groups excluding carboxylic acids is 1. The molecule has 1 aliphatic heterocycles. The van der Waals surface area contributed by atoms with E-state index < -0.39 is 6.04 Å². The van der Waals surface area contributed by atoms with Crippen molar-refractivity contribution in [3.8, 4) is 5.75 Å². The lowest BCUT2D eigenvalue weighted by molar-refractivity contribution is -0.118. The first-order valence-corrected chi connectivity index (χ1v) is 11.2. The summed E-state index contributed by atoms with van der Waals surface area (Å²) in [5.41, 5.74) is 4.18. The van der Waals surface area contributed by atoms with Crippen LogP contribution in [0.4, 0.5) is 5.69 Å². The SMILES string of the molecule is COc1ccc(NC(=O)C(NCc2ccc(CN3CCCC3)cc2)c2ccccc2)cc1. The molecule has 1 aliphatic rings. The van der Waals surface area contributed by atoms with Crippen LogP contribution in [0.5, 0.6) is 5.75 Å². The maximum atomic E-state index is 13.1. The molecule has 0 spiro atoms. The van der Waals surface area contributed by atoms with Gasteiger partial charge in [-0.3, -0.25) is 15.0 Å². The average Bonchev–Trinajstić information content (AvgIpc) is 3.34. The van der Waals surface area contributed by atoms with Crippen LogP contribution in [0.25, 0.3) is 0 Å². The molecule has 5 heteroatoms.